The van der Waals surface area contributed by atoms with Crippen LogP contribution < -0.4 is 21.3 Å². The summed E-state index contributed by atoms with van der Waals surface area (Å²) in [5.41, 5.74) is 1.18. The van der Waals surface area contributed by atoms with E-state index in [4.69, 9.17) is 18.5 Å². The van der Waals surface area contributed by atoms with Gasteiger partial charge in [0, 0.05) is 37.9 Å². The fourth-order valence-corrected chi connectivity index (χ4v) is 9.81. The van der Waals surface area contributed by atoms with Crippen molar-refractivity contribution in [2.24, 2.45) is 5.92 Å². The Bertz CT molecular complexity index is 1800. The van der Waals surface area contributed by atoms with Gasteiger partial charge in [-0.2, -0.15) is 0 Å². The van der Waals surface area contributed by atoms with Crippen molar-refractivity contribution in [1.29, 1.82) is 0 Å². The van der Waals surface area contributed by atoms with Gasteiger partial charge < -0.3 is 40.7 Å². The lowest BCUT2D eigenvalue weighted by Gasteiger charge is -2.24. The maximum Gasteiger partial charge on any atom is 0.472 e. The molecule has 79 heavy (non-hydrogen) atoms. The van der Waals surface area contributed by atoms with Crippen molar-refractivity contribution in [3.63, 3.8) is 0 Å². The highest BCUT2D eigenvalue weighted by molar-refractivity contribution is 7.47. The summed E-state index contributed by atoms with van der Waals surface area (Å²) in [6.45, 7) is 7.93. The second kappa shape index (κ2) is 48.8. The van der Waals surface area contributed by atoms with E-state index in [9.17, 15) is 43.3 Å². The molecule has 456 valence electrons. The molecular weight excluding hydrogens is 1030 g/mol. The van der Waals surface area contributed by atoms with Crippen LogP contribution in [0.3, 0.4) is 0 Å². The second-order valence-electron chi connectivity index (χ2n) is 21.9. The number of carbonyl (C=O) groups excluding carboxylic acids is 6. The molecule has 1 aromatic carbocycles. The van der Waals surface area contributed by atoms with Crippen LogP contribution in [0.15, 0.2) is 24.3 Å². The summed E-state index contributed by atoms with van der Waals surface area (Å²) < 4.78 is 34.1. The molecule has 18 heteroatoms. The van der Waals surface area contributed by atoms with Gasteiger partial charge in [0.05, 0.1) is 19.8 Å². The van der Waals surface area contributed by atoms with Crippen LogP contribution >= 0.6 is 7.82 Å². The van der Waals surface area contributed by atoms with Gasteiger partial charge in [0.15, 0.2) is 6.10 Å². The van der Waals surface area contributed by atoms with Crippen molar-refractivity contribution in [3.05, 3.63) is 29.8 Å². The van der Waals surface area contributed by atoms with E-state index in [1.807, 2.05) is 0 Å². The van der Waals surface area contributed by atoms with Crippen LogP contribution in [0.25, 0.3) is 0 Å². The lowest BCUT2D eigenvalue weighted by atomic mass is 10.0. The van der Waals surface area contributed by atoms with Crippen LogP contribution in [0.5, 0.6) is 0 Å². The van der Waals surface area contributed by atoms with Crippen LogP contribution in [-0.2, 0) is 58.5 Å². The fourth-order valence-electron chi connectivity index (χ4n) is 9.06. The Morgan fingerprint density at radius 1 is 0.519 bits per heavy atom. The highest BCUT2D eigenvalue weighted by Crippen LogP contribution is 2.43. The summed E-state index contributed by atoms with van der Waals surface area (Å²) in [5, 5.41) is 19.8. The minimum absolute atomic E-state index is 0.0552. The van der Waals surface area contributed by atoms with Crippen LogP contribution in [0.2, 0.25) is 0 Å². The number of esters is 2. The molecule has 1 aromatic rings. The number of benzene rings is 1. The highest BCUT2D eigenvalue weighted by Gasteiger charge is 2.28. The molecule has 0 aliphatic rings. The van der Waals surface area contributed by atoms with Crippen LogP contribution in [0, 0.1) is 5.92 Å². The molecule has 4 atom stereocenters. The van der Waals surface area contributed by atoms with Gasteiger partial charge in [-0.3, -0.25) is 37.8 Å². The van der Waals surface area contributed by atoms with Gasteiger partial charge in [-0.05, 0) is 49.8 Å². The summed E-state index contributed by atoms with van der Waals surface area (Å²) in [6.07, 6.45) is 35.4. The third kappa shape index (κ3) is 42.6. The molecule has 0 saturated heterocycles. The quantitative estimate of drug-likeness (QED) is 0.0202. The maximum absolute atomic E-state index is 13.1. The predicted octanol–water partition coefficient (Wildman–Crippen LogP) is 13.2. The molecule has 0 bridgehead atoms. The van der Waals surface area contributed by atoms with Crippen molar-refractivity contribution < 1.29 is 61.9 Å². The van der Waals surface area contributed by atoms with Gasteiger partial charge >= 0.3 is 19.8 Å². The molecule has 1 unspecified atom stereocenters. The minimum Gasteiger partial charge on any atom is -0.462 e. The average Bonchev–Trinajstić information content (AvgIpc) is 3.42. The Hall–Kier alpha value is -3.89. The van der Waals surface area contributed by atoms with Crippen molar-refractivity contribution in [1.82, 2.24) is 16.0 Å². The second-order valence-corrected chi connectivity index (χ2v) is 23.3. The number of aliphatic hydroxyl groups excluding tert-OH is 1. The first-order chi connectivity index (χ1) is 38.1. The first-order valence-electron chi connectivity index (χ1n) is 30.9. The first kappa shape index (κ1) is 73.1. The number of phosphoric acid groups is 1. The van der Waals surface area contributed by atoms with Gasteiger partial charge in [-0.15, -0.1) is 0 Å². The highest BCUT2D eigenvalue weighted by atomic mass is 31.2. The Labute approximate surface area is 476 Å². The predicted molar refractivity (Wildman–Crippen MR) is 314 cm³/mol. The molecule has 0 fully saturated rings. The Kier molecular flexibility index (Phi) is 45.2. The SMILES string of the molecule is CCCCCCCCCCCCCCCCCC(=O)OC[C@H](COP(=O)(O)OCCNC(=O)CCCC(=O)N[C@H](C(=O)N[C@@H](C)C(=O)Nc1ccc(CO)cc1)C(C)C)OC(=O)CCCCCCCCCCCCCCCCC. The molecular formula is C61H109N4O13P. The molecule has 0 spiro atoms. The lowest BCUT2D eigenvalue weighted by Crippen LogP contribution is -2.53. The zero-order chi connectivity index (χ0) is 58.2. The number of aliphatic hydroxyl groups is 1. The van der Waals surface area contributed by atoms with Crippen molar-refractivity contribution in [2.75, 3.05) is 31.7 Å². The number of amides is 4. The van der Waals surface area contributed by atoms with E-state index in [0.29, 0.717) is 24.1 Å². The van der Waals surface area contributed by atoms with E-state index < -0.39 is 74.8 Å². The number of hydrogen-bond acceptors (Lipinski definition) is 12. The standard InChI is InChI=1S/C61H109N4O13P/c1-6-8-10-12-14-16-18-20-22-24-26-28-30-32-34-39-57(69)75-48-54(78-58(70)40-35-33-31-29-27-25-23-21-19-17-15-13-11-9-7-2)49-77-79(73,74)76-46-45-62-55(67)37-36-38-56(68)65-59(50(3)4)61(72)63-51(5)60(71)64-53-43-41-52(47-66)42-44-53/h41-44,50-51,54,59,66H,6-40,45-49H2,1-5H3,(H,62,67)(H,63,72)(H,64,71)(H,65,68)(H,73,74)/t51-,54+,59-/m0/s1. The summed E-state index contributed by atoms with van der Waals surface area (Å²) in [4.78, 5) is 87.2. The van der Waals surface area contributed by atoms with E-state index >= 15 is 0 Å². The summed E-state index contributed by atoms with van der Waals surface area (Å²) in [6, 6.07) is 4.74. The third-order valence-electron chi connectivity index (χ3n) is 14.0. The molecule has 0 saturated carbocycles. The number of ether oxygens (including phenoxy) is 2. The fraction of sp³-hybridized carbons (Fsp3) is 0.803. The van der Waals surface area contributed by atoms with Crippen molar-refractivity contribution >= 4 is 49.1 Å². The minimum atomic E-state index is -4.69. The molecule has 0 aliphatic carbocycles. The van der Waals surface area contributed by atoms with Crippen molar-refractivity contribution in [2.45, 2.75) is 284 Å². The zero-order valence-corrected chi connectivity index (χ0v) is 50.6. The van der Waals surface area contributed by atoms with Gasteiger partial charge in [-0.1, -0.05) is 220 Å². The number of phosphoric ester groups is 1. The molecule has 1 rings (SSSR count). The number of anilines is 1. The maximum atomic E-state index is 13.1. The van der Waals surface area contributed by atoms with Gasteiger partial charge in [0.25, 0.3) is 0 Å². The van der Waals surface area contributed by atoms with E-state index in [1.54, 1.807) is 38.1 Å². The van der Waals surface area contributed by atoms with Crippen LogP contribution in [-0.4, -0.2) is 90.1 Å². The topological polar surface area (TPSA) is 245 Å². The largest absolute Gasteiger partial charge is 0.472 e. The van der Waals surface area contributed by atoms with Gasteiger partial charge in [-0.25, -0.2) is 4.57 Å². The van der Waals surface area contributed by atoms with Crippen molar-refractivity contribution in [3.8, 4) is 0 Å². The number of hydrogen-bond donors (Lipinski definition) is 6. The average molecular weight is 1140 g/mol. The van der Waals surface area contributed by atoms with Gasteiger partial charge in [0.1, 0.15) is 18.7 Å². The normalized spacial score (nSPS) is 13.3. The monoisotopic (exact) mass is 1140 g/mol. The van der Waals surface area contributed by atoms with E-state index in [0.717, 1.165) is 38.5 Å². The van der Waals surface area contributed by atoms with Gasteiger partial charge in [0.2, 0.25) is 23.6 Å². The lowest BCUT2D eigenvalue weighted by molar-refractivity contribution is -0.161. The Morgan fingerprint density at radius 3 is 1.42 bits per heavy atom. The summed E-state index contributed by atoms with van der Waals surface area (Å²) in [7, 11) is -4.69. The Morgan fingerprint density at radius 2 is 0.962 bits per heavy atom. The third-order valence-corrected chi connectivity index (χ3v) is 15.0. The summed E-state index contributed by atoms with van der Waals surface area (Å²) >= 11 is 0. The van der Waals surface area contributed by atoms with Crippen LogP contribution in [0.1, 0.15) is 265 Å². The molecule has 0 aromatic heterocycles. The summed E-state index contributed by atoms with van der Waals surface area (Å²) in [5.74, 6) is -3.20. The van der Waals surface area contributed by atoms with E-state index in [-0.39, 0.29) is 57.8 Å². The smallest absolute Gasteiger partial charge is 0.462 e. The number of nitrogens with one attached hydrogen (secondary N) is 4. The van der Waals surface area contributed by atoms with Crippen LogP contribution in [0.4, 0.5) is 5.69 Å². The number of unbranched alkanes of at least 4 members (excludes halogenated alkanes) is 28. The number of rotatable bonds is 53. The zero-order valence-electron chi connectivity index (χ0n) is 49.7. The molecule has 0 aliphatic heterocycles. The molecule has 6 N–H and O–H groups in total. The van der Waals surface area contributed by atoms with E-state index in [2.05, 4.69) is 35.1 Å². The van der Waals surface area contributed by atoms with E-state index in [1.165, 1.54) is 148 Å². The number of carbonyl (C=O) groups is 6. The molecule has 17 nitrogen and oxygen atoms in total. The molecule has 0 radical (unpaired) electrons. The molecule has 4 amide bonds. The Balaban J connectivity index is 2.50. The molecule has 0 heterocycles. The first-order valence-corrected chi connectivity index (χ1v) is 32.4.